The summed E-state index contributed by atoms with van der Waals surface area (Å²) in [4.78, 5) is 11.5. The van der Waals surface area contributed by atoms with E-state index in [1.165, 1.54) is 51.4 Å². The molecule has 126 valence electrons. The Kier molecular flexibility index (Phi) is 14.7. The fourth-order valence-corrected chi connectivity index (χ4v) is 2.46. The Labute approximate surface area is 133 Å². The summed E-state index contributed by atoms with van der Waals surface area (Å²) in [6, 6.07) is 0. The summed E-state index contributed by atoms with van der Waals surface area (Å²) in [5.41, 5.74) is 0. The van der Waals surface area contributed by atoms with Gasteiger partial charge in [-0.2, -0.15) is 0 Å². The Balaban J connectivity index is 3.55. The van der Waals surface area contributed by atoms with Crippen molar-refractivity contribution in [2.75, 3.05) is 6.61 Å². The minimum absolute atomic E-state index is 0.264. The number of rotatable bonds is 14. The molecule has 3 atom stereocenters. The molecule has 0 fully saturated rings. The largest absolute Gasteiger partial charge is 0.463 e. The number of ether oxygens (including phenoxy) is 1. The van der Waals surface area contributed by atoms with Gasteiger partial charge in [0.15, 0.2) is 6.10 Å². The molecule has 0 amide bonds. The van der Waals surface area contributed by atoms with E-state index in [4.69, 9.17) is 9.26 Å². The highest BCUT2D eigenvalue weighted by molar-refractivity contribution is 7.09. The first-order valence-electron chi connectivity index (χ1n) is 8.67. The van der Waals surface area contributed by atoms with Crippen molar-refractivity contribution in [3.8, 4) is 0 Å². The quantitative estimate of drug-likeness (QED) is 0.248. The lowest BCUT2D eigenvalue weighted by molar-refractivity contribution is -0.152. The Morgan fingerprint density at radius 1 is 1.00 bits per heavy atom. The van der Waals surface area contributed by atoms with E-state index in [1.54, 1.807) is 6.92 Å². The Morgan fingerprint density at radius 2 is 1.57 bits per heavy atom. The van der Waals surface area contributed by atoms with Crippen LogP contribution in [0.25, 0.3) is 0 Å². The number of carbonyl (C=O) groups is 1. The van der Waals surface area contributed by atoms with Crippen molar-refractivity contribution in [3.63, 3.8) is 0 Å². The lowest BCUT2D eigenvalue weighted by Crippen LogP contribution is -2.23. The van der Waals surface area contributed by atoms with Gasteiger partial charge in [0.1, 0.15) is 0 Å². The van der Waals surface area contributed by atoms with Gasteiger partial charge in [-0.1, -0.05) is 71.6 Å². The van der Waals surface area contributed by atoms with Gasteiger partial charge < -0.3 is 9.26 Å². The standard InChI is InChI=1S/C17H35O3P/c1-4-6-7-8-9-10-11-12-13-16(5-2)14-19-17(18)15(3)20-21/h15-16H,4-14,21H2,1-3H3. The van der Waals surface area contributed by atoms with Crippen LogP contribution < -0.4 is 0 Å². The molecule has 0 heterocycles. The van der Waals surface area contributed by atoms with Crippen LogP contribution in [0.15, 0.2) is 0 Å². The van der Waals surface area contributed by atoms with Gasteiger partial charge in [0, 0.05) is 9.47 Å². The highest BCUT2D eigenvalue weighted by atomic mass is 31.0. The predicted molar refractivity (Wildman–Crippen MR) is 92.2 cm³/mol. The van der Waals surface area contributed by atoms with Crippen LogP contribution in [0.1, 0.15) is 85.0 Å². The summed E-state index contributed by atoms with van der Waals surface area (Å²) in [6.07, 6.45) is 12.5. The summed E-state index contributed by atoms with van der Waals surface area (Å²) in [7, 11) is 2.10. The SMILES string of the molecule is CCCCCCCCCCC(CC)COC(=O)C(C)OP. The molecule has 3 unspecified atom stereocenters. The summed E-state index contributed by atoms with van der Waals surface area (Å²) in [6.45, 7) is 6.65. The molecule has 0 radical (unpaired) electrons. The summed E-state index contributed by atoms with van der Waals surface area (Å²) < 4.78 is 10.2. The molecule has 3 nitrogen and oxygen atoms in total. The number of carbonyl (C=O) groups excluding carboxylic acids is 1. The van der Waals surface area contributed by atoms with Crippen molar-refractivity contribution in [1.82, 2.24) is 0 Å². The number of hydrogen-bond donors (Lipinski definition) is 0. The van der Waals surface area contributed by atoms with Crippen molar-refractivity contribution in [3.05, 3.63) is 0 Å². The van der Waals surface area contributed by atoms with Crippen LogP contribution >= 0.6 is 9.47 Å². The third kappa shape index (κ3) is 12.1. The third-order valence-electron chi connectivity index (χ3n) is 4.04. The normalized spacial score (nSPS) is 13.9. The highest BCUT2D eigenvalue weighted by Crippen LogP contribution is 2.16. The second-order valence-corrected chi connectivity index (χ2v) is 6.22. The molecule has 21 heavy (non-hydrogen) atoms. The first kappa shape index (κ1) is 20.9. The molecule has 0 aliphatic carbocycles. The van der Waals surface area contributed by atoms with Crippen LogP contribution in [-0.2, 0) is 14.1 Å². The number of esters is 1. The molecule has 0 aliphatic rings. The van der Waals surface area contributed by atoms with Crippen molar-refractivity contribution in [2.24, 2.45) is 5.92 Å². The molecule has 0 N–H and O–H groups in total. The Hall–Kier alpha value is -0.140. The number of unbranched alkanes of at least 4 members (excludes halogenated alkanes) is 7. The molecule has 0 aromatic rings. The number of hydrogen-bond acceptors (Lipinski definition) is 3. The van der Waals surface area contributed by atoms with Crippen molar-refractivity contribution in [1.29, 1.82) is 0 Å². The van der Waals surface area contributed by atoms with Gasteiger partial charge >= 0.3 is 5.97 Å². The molecule has 0 spiro atoms. The van der Waals surface area contributed by atoms with Gasteiger partial charge in [0.2, 0.25) is 0 Å². The maximum absolute atomic E-state index is 11.5. The van der Waals surface area contributed by atoms with E-state index in [1.807, 2.05) is 0 Å². The monoisotopic (exact) mass is 318 g/mol. The topological polar surface area (TPSA) is 35.5 Å². The fourth-order valence-electron chi connectivity index (χ4n) is 2.35. The zero-order valence-electron chi connectivity index (χ0n) is 14.2. The molecule has 0 bridgehead atoms. The molecule has 4 heteroatoms. The van der Waals surface area contributed by atoms with Gasteiger partial charge in [0.05, 0.1) is 6.61 Å². The molecule has 0 saturated carbocycles. The summed E-state index contributed by atoms with van der Waals surface area (Å²) in [5.74, 6) is 0.227. The minimum Gasteiger partial charge on any atom is -0.463 e. The zero-order chi connectivity index (χ0) is 15.9. The van der Waals surface area contributed by atoms with Gasteiger partial charge in [-0.15, -0.1) is 0 Å². The Bertz CT molecular complexity index is 246. The van der Waals surface area contributed by atoms with Crippen molar-refractivity contribution >= 4 is 15.4 Å². The summed E-state index contributed by atoms with van der Waals surface area (Å²) in [5, 5.41) is 0. The third-order valence-corrected chi connectivity index (χ3v) is 4.45. The molecule has 0 aromatic carbocycles. The molecule has 0 aliphatic heterocycles. The first-order chi connectivity index (χ1) is 10.2. The molecular weight excluding hydrogens is 283 g/mol. The van der Waals surface area contributed by atoms with Crippen LogP contribution in [-0.4, -0.2) is 18.7 Å². The van der Waals surface area contributed by atoms with Gasteiger partial charge in [-0.3, -0.25) is 0 Å². The second kappa shape index (κ2) is 14.8. The Morgan fingerprint density at radius 3 is 2.10 bits per heavy atom. The predicted octanol–water partition coefficient (Wildman–Crippen LogP) is 5.28. The molecular formula is C17H35O3P. The van der Waals surface area contributed by atoms with Crippen LogP contribution in [0.5, 0.6) is 0 Å². The fraction of sp³-hybridized carbons (Fsp3) is 0.941. The van der Waals surface area contributed by atoms with E-state index in [0.717, 1.165) is 12.8 Å². The van der Waals surface area contributed by atoms with E-state index in [2.05, 4.69) is 23.3 Å². The maximum Gasteiger partial charge on any atom is 0.335 e. The van der Waals surface area contributed by atoms with E-state index >= 15 is 0 Å². The van der Waals surface area contributed by atoms with Gasteiger partial charge in [-0.25, -0.2) is 4.79 Å². The summed E-state index contributed by atoms with van der Waals surface area (Å²) >= 11 is 0. The minimum atomic E-state index is -0.490. The van der Waals surface area contributed by atoms with Gasteiger partial charge in [-0.05, 0) is 19.3 Å². The van der Waals surface area contributed by atoms with Crippen molar-refractivity contribution in [2.45, 2.75) is 91.1 Å². The van der Waals surface area contributed by atoms with E-state index in [0.29, 0.717) is 12.5 Å². The maximum atomic E-state index is 11.5. The molecule has 0 aromatic heterocycles. The van der Waals surface area contributed by atoms with E-state index < -0.39 is 6.10 Å². The zero-order valence-corrected chi connectivity index (χ0v) is 15.4. The van der Waals surface area contributed by atoms with E-state index in [9.17, 15) is 4.79 Å². The molecule has 0 saturated heterocycles. The van der Waals surface area contributed by atoms with Crippen LogP contribution in [0.4, 0.5) is 0 Å². The first-order valence-corrected chi connectivity index (χ1v) is 9.14. The van der Waals surface area contributed by atoms with Crippen LogP contribution in [0.3, 0.4) is 0 Å². The highest BCUT2D eigenvalue weighted by Gasteiger charge is 2.15. The van der Waals surface area contributed by atoms with Crippen LogP contribution in [0, 0.1) is 5.92 Å². The second-order valence-electron chi connectivity index (χ2n) is 5.95. The lowest BCUT2D eigenvalue weighted by atomic mass is 9.98. The average Bonchev–Trinajstić information content (AvgIpc) is 2.51. The van der Waals surface area contributed by atoms with Gasteiger partial charge in [0.25, 0.3) is 0 Å². The van der Waals surface area contributed by atoms with Crippen LogP contribution in [0.2, 0.25) is 0 Å². The molecule has 0 rings (SSSR count). The smallest absolute Gasteiger partial charge is 0.335 e. The lowest BCUT2D eigenvalue weighted by Gasteiger charge is -2.16. The average molecular weight is 318 g/mol. The van der Waals surface area contributed by atoms with Crippen molar-refractivity contribution < 1.29 is 14.1 Å². The van der Waals surface area contributed by atoms with E-state index in [-0.39, 0.29) is 5.97 Å².